The Hall–Kier alpha value is -1.06. The van der Waals surface area contributed by atoms with Crippen molar-refractivity contribution < 1.29 is 14.3 Å². The van der Waals surface area contributed by atoms with Crippen LogP contribution in [-0.2, 0) is 14.3 Å². The average Bonchev–Trinajstić information content (AvgIpc) is 2.42. The highest BCUT2D eigenvalue weighted by Crippen LogP contribution is 2.34. The molecule has 4 heteroatoms. The third kappa shape index (κ3) is 3.78. The number of carbonyl (C=O) groups is 2. The number of esters is 1. The van der Waals surface area contributed by atoms with E-state index in [0.717, 1.165) is 25.7 Å². The second-order valence-electron chi connectivity index (χ2n) is 6.87. The Morgan fingerprint density at radius 2 is 1.81 bits per heavy atom. The molecule has 2 rings (SSSR count). The van der Waals surface area contributed by atoms with E-state index in [-0.39, 0.29) is 23.7 Å². The van der Waals surface area contributed by atoms with Crippen LogP contribution in [0.2, 0.25) is 0 Å². The minimum absolute atomic E-state index is 0.198. The standard InChI is InChI=1S/C17H29NO3/c1-12-7-4-5-10-15(12)18(11-13(2)17(20)21-3)16(19)14-8-6-9-14/h12-15H,4-11H2,1-3H3. The zero-order valence-corrected chi connectivity index (χ0v) is 13.6. The van der Waals surface area contributed by atoms with Crippen molar-refractivity contribution in [1.82, 2.24) is 4.90 Å². The maximum atomic E-state index is 12.8. The molecular weight excluding hydrogens is 266 g/mol. The Labute approximate surface area is 128 Å². The van der Waals surface area contributed by atoms with Crippen molar-refractivity contribution in [2.24, 2.45) is 17.8 Å². The van der Waals surface area contributed by atoms with Gasteiger partial charge in [-0.15, -0.1) is 0 Å². The quantitative estimate of drug-likeness (QED) is 0.733. The van der Waals surface area contributed by atoms with E-state index in [9.17, 15) is 9.59 Å². The summed E-state index contributed by atoms with van der Waals surface area (Å²) in [5, 5.41) is 0. The maximum Gasteiger partial charge on any atom is 0.310 e. The van der Waals surface area contributed by atoms with Gasteiger partial charge in [-0.25, -0.2) is 0 Å². The van der Waals surface area contributed by atoms with Crippen LogP contribution in [0, 0.1) is 17.8 Å². The molecule has 120 valence electrons. The van der Waals surface area contributed by atoms with E-state index < -0.39 is 0 Å². The van der Waals surface area contributed by atoms with Gasteiger partial charge in [0.2, 0.25) is 5.91 Å². The molecule has 2 aliphatic carbocycles. The van der Waals surface area contributed by atoms with Crippen LogP contribution in [0.25, 0.3) is 0 Å². The first-order valence-corrected chi connectivity index (χ1v) is 8.43. The van der Waals surface area contributed by atoms with Crippen molar-refractivity contribution >= 4 is 11.9 Å². The molecule has 0 aliphatic heterocycles. The van der Waals surface area contributed by atoms with E-state index in [1.165, 1.54) is 26.4 Å². The van der Waals surface area contributed by atoms with Crippen LogP contribution in [0.15, 0.2) is 0 Å². The Bertz CT molecular complexity index is 378. The molecule has 0 heterocycles. The smallest absolute Gasteiger partial charge is 0.310 e. The number of amides is 1. The molecule has 0 bridgehead atoms. The van der Waals surface area contributed by atoms with E-state index in [0.29, 0.717) is 18.5 Å². The largest absolute Gasteiger partial charge is 0.469 e. The van der Waals surface area contributed by atoms with Crippen LogP contribution < -0.4 is 0 Å². The lowest BCUT2D eigenvalue weighted by molar-refractivity contribution is -0.149. The zero-order valence-electron chi connectivity index (χ0n) is 13.6. The third-order valence-corrected chi connectivity index (χ3v) is 5.28. The van der Waals surface area contributed by atoms with Gasteiger partial charge in [0, 0.05) is 18.5 Å². The van der Waals surface area contributed by atoms with Crippen molar-refractivity contribution in [1.29, 1.82) is 0 Å². The van der Waals surface area contributed by atoms with Crippen LogP contribution in [0.4, 0.5) is 0 Å². The fraction of sp³-hybridized carbons (Fsp3) is 0.882. The van der Waals surface area contributed by atoms with Crippen molar-refractivity contribution in [2.45, 2.75) is 64.8 Å². The topological polar surface area (TPSA) is 46.6 Å². The molecule has 1 amide bonds. The van der Waals surface area contributed by atoms with Crippen molar-refractivity contribution in [3.05, 3.63) is 0 Å². The fourth-order valence-corrected chi connectivity index (χ4v) is 3.61. The highest BCUT2D eigenvalue weighted by Gasteiger charge is 2.37. The van der Waals surface area contributed by atoms with E-state index in [1.54, 1.807) is 0 Å². The number of methoxy groups -OCH3 is 1. The molecule has 2 aliphatic rings. The van der Waals surface area contributed by atoms with Gasteiger partial charge >= 0.3 is 5.97 Å². The van der Waals surface area contributed by atoms with Crippen molar-refractivity contribution in [3.8, 4) is 0 Å². The first kappa shape index (κ1) is 16.3. The summed E-state index contributed by atoms with van der Waals surface area (Å²) >= 11 is 0. The van der Waals surface area contributed by atoms with Crippen molar-refractivity contribution in [3.63, 3.8) is 0 Å². The lowest BCUT2D eigenvalue weighted by Crippen LogP contribution is -2.51. The molecule has 21 heavy (non-hydrogen) atoms. The molecule has 0 spiro atoms. The maximum absolute atomic E-state index is 12.8. The SMILES string of the molecule is COC(=O)C(C)CN(C(=O)C1CCC1)C1CCCCC1C. The van der Waals surface area contributed by atoms with Gasteiger partial charge in [-0.3, -0.25) is 9.59 Å². The number of rotatable bonds is 5. The minimum Gasteiger partial charge on any atom is -0.469 e. The number of carbonyl (C=O) groups excluding carboxylic acids is 2. The fourth-order valence-electron chi connectivity index (χ4n) is 3.61. The van der Waals surface area contributed by atoms with Crippen LogP contribution in [0.5, 0.6) is 0 Å². The molecule has 3 unspecified atom stereocenters. The van der Waals surface area contributed by atoms with Gasteiger partial charge in [0.15, 0.2) is 0 Å². The molecule has 4 nitrogen and oxygen atoms in total. The molecule has 2 saturated carbocycles. The summed E-state index contributed by atoms with van der Waals surface area (Å²) in [7, 11) is 1.42. The second kappa shape index (κ2) is 7.28. The summed E-state index contributed by atoms with van der Waals surface area (Å²) in [6.07, 6.45) is 7.91. The summed E-state index contributed by atoms with van der Waals surface area (Å²) in [4.78, 5) is 26.5. The normalized spacial score (nSPS) is 27.6. The third-order valence-electron chi connectivity index (χ3n) is 5.28. The second-order valence-corrected chi connectivity index (χ2v) is 6.87. The van der Waals surface area contributed by atoms with Crippen LogP contribution in [0.3, 0.4) is 0 Å². The van der Waals surface area contributed by atoms with Crippen LogP contribution >= 0.6 is 0 Å². The molecule has 0 N–H and O–H groups in total. The number of nitrogens with zero attached hydrogens (tertiary/aromatic N) is 1. The zero-order chi connectivity index (χ0) is 15.4. The van der Waals surface area contributed by atoms with E-state index in [1.807, 2.05) is 11.8 Å². The van der Waals surface area contributed by atoms with Crippen molar-refractivity contribution in [2.75, 3.05) is 13.7 Å². The van der Waals surface area contributed by atoms with Crippen LogP contribution in [-0.4, -0.2) is 36.5 Å². The van der Waals surface area contributed by atoms with E-state index >= 15 is 0 Å². The molecular formula is C17H29NO3. The molecule has 0 aromatic heterocycles. The Morgan fingerprint density at radius 1 is 1.14 bits per heavy atom. The van der Waals surface area contributed by atoms with Gasteiger partial charge in [0.25, 0.3) is 0 Å². The van der Waals surface area contributed by atoms with E-state index in [2.05, 4.69) is 6.92 Å². The van der Waals surface area contributed by atoms with Gasteiger partial charge in [0.1, 0.15) is 0 Å². The molecule has 0 saturated heterocycles. The lowest BCUT2D eigenvalue weighted by Gasteiger charge is -2.42. The Morgan fingerprint density at radius 3 is 2.33 bits per heavy atom. The highest BCUT2D eigenvalue weighted by molar-refractivity contribution is 5.81. The summed E-state index contributed by atoms with van der Waals surface area (Å²) in [6.45, 7) is 4.62. The lowest BCUT2D eigenvalue weighted by atomic mass is 9.80. The Balaban J connectivity index is 2.08. The van der Waals surface area contributed by atoms with Crippen LogP contribution in [0.1, 0.15) is 58.8 Å². The van der Waals surface area contributed by atoms with E-state index in [4.69, 9.17) is 4.74 Å². The monoisotopic (exact) mass is 295 g/mol. The van der Waals surface area contributed by atoms with Gasteiger partial charge in [-0.05, 0) is 31.6 Å². The molecule has 2 fully saturated rings. The average molecular weight is 295 g/mol. The number of hydrogen-bond acceptors (Lipinski definition) is 3. The number of hydrogen-bond donors (Lipinski definition) is 0. The summed E-state index contributed by atoms with van der Waals surface area (Å²) in [5.41, 5.74) is 0. The predicted molar refractivity (Wildman–Crippen MR) is 81.7 cm³/mol. The van der Waals surface area contributed by atoms with Gasteiger partial charge in [0.05, 0.1) is 13.0 Å². The first-order valence-electron chi connectivity index (χ1n) is 8.43. The molecule has 0 radical (unpaired) electrons. The first-order chi connectivity index (χ1) is 10.0. The molecule has 3 atom stereocenters. The van der Waals surface area contributed by atoms with Gasteiger partial charge < -0.3 is 9.64 Å². The number of ether oxygens (including phenoxy) is 1. The summed E-state index contributed by atoms with van der Waals surface area (Å²) in [5.74, 6) is 0.547. The summed E-state index contributed by atoms with van der Waals surface area (Å²) in [6, 6.07) is 0.305. The Kier molecular flexibility index (Phi) is 5.65. The van der Waals surface area contributed by atoms with Gasteiger partial charge in [-0.1, -0.05) is 33.1 Å². The summed E-state index contributed by atoms with van der Waals surface area (Å²) < 4.78 is 4.83. The highest BCUT2D eigenvalue weighted by atomic mass is 16.5. The predicted octanol–water partition coefficient (Wildman–Crippen LogP) is 3.00. The van der Waals surface area contributed by atoms with Gasteiger partial charge in [-0.2, -0.15) is 0 Å². The molecule has 0 aromatic carbocycles. The minimum atomic E-state index is -0.242. The molecule has 0 aromatic rings.